The SMILES string of the molecule is CCCCn1c(N)c(N(C)C(=O)CCc2cccc(C)c2)c(=O)[nH]c1=O. The van der Waals surface area contributed by atoms with Crippen molar-refractivity contribution < 1.29 is 4.79 Å². The van der Waals surface area contributed by atoms with Gasteiger partial charge in [-0.3, -0.25) is 19.1 Å². The molecular weight excluding hydrogens is 332 g/mol. The number of carbonyl (C=O) groups excluding carboxylic acids is 1. The first-order valence-corrected chi connectivity index (χ1v) is 8.79. The van der Waals surface area contributed by atoms with Gasteiger partial charge >= 0.3 is 5.69 Å². The number of aryl methyl sites for hydroxylation is 2. The molecule has 2 aromatic rings. The lowest BCUT2D eigenvalue weighted by Gasteiger charge is -2.20. The zero-order valence-electron chi connectivity index (χ0n) is 15.5. The van der Waals surface area contributed by atoms with E-state index in [1.807, 2.05) is 38.1 Å². The van der Waals surface area contributed by atoms with Gasteiger partial charge in [0, 0.05) is 20.0 Å². The summed E-state index contributed by atoms with van der Waals surface area (Å²) in [5, 5.41) is 0. The van der Waals surface area contributed by atoms with Crippen molar-refractivity contribution in [3.05, 3.63) is 56.2 Å². The van der Waals surface area contributed by atoms with Crippen LogP contribution in [0.4, 0.5) is 11.5 Å². The van der Waals surface area contributed by atoms with Crippen molar-refractivity contribution in [1.82, 2.24) is 9.55 Å². The largest absolute Gasteiger partial charge is 0.383 e. The fourth-order valence-corrected chi connectivity index (χ4v) is 2.85. The van der Waals surface area contributed by atoms with E-state index in [1.165, 1.54) is 16.5 Å². The van der Waals surface area contributed by atoms with E-state index in [4.69, 9.17) is 5.73 Å². The number of unbranched alkanes of at least 4 members (excludes halogenated alkanes) is 1. The minimum atomic E-state index is -0.647. The molecule has 0 unspecified atom stereocenters. The minimum Gasteiger partial charge on any atom is -0.383 e. The summed E-state index contributed by atoms with van der Waals surface area (Å²) >= 11 is 0. The van der Waals surface area contributed by atoms with Crippen LogP contribution in [-0.2, 0) is 17.8 Å². The standard InChI is InChI=1S/C19H26N4O3/c1-4-5-11-23-17(20)16(18(25)21-19(23)26)22(3)15(24)10-9-14-8-6-7-13(2)12-14/h6-8,12H,4-5,9-11,20H2,1-3H3,(H,21,25,26). The smallest absolute Gasteiger partial charge is 0.330 e. The van der Waals surface area contributed by atoms with E-state index in [0.29, 0.717) is 13.0 Å². The maximum atomic E-state index is 12.5. The Hall–Kier alpha value is -2.83. The maximum Gasteiger partial charge on any atom is 0.330 e. The zero-order chi connectivity index (χ0) is 19.3. The number of rotatable bonds is 7. The third kappa shape index (κ3) is 4.41. The number of benzene rings is 1. The Morgan fingerprint density at radius 2 is 2.04 bits per heavy atom. The van der Waals surface area contributed by atoms with Crippen molar-refractivity contribution in [2.24, 2.45) is 0 Å². The van der Waals surface area contributed by atoms with Crippen LogP contribution in [-0.4, -0.2) is 22.5 Å². The highest BCUT2D eigenvalue weighted by atomic mass is 16.2. The second kappa shape index (κ2) is 8.51. The van der Waals surface area contributed by atoms with Gasteiger partial charge in [0.15, 0.2) is 5.69 Å². The Morgan fingerprint density at radius 3 is 2.69 bits per heavy atom. The second-order valence-corrected chi connectivity index (χ2v) is 6.44. The second-order valence-electron chi connectivity index (χ2n) is 6.44. The van der Waals surface area contributed by atoms with Gasteiger partial charge in [-0.2, -0.15) is 0 Å². The van der Waals surface area contributed by atoms with E-state index in [0.717, 1.165) is 24.0 Å². The zero-order valence-corrected chi connectivity index (χ0v) is 15.5. The number of anilines is 2. The highest BCUT2D eigenvalue weighted by molar-refractivity contribution is 5.95. The predicted octanol–water partition coefficient (Wildman–Crippen LogP) is 1.82. The molecule has 0 aliphatic carbocycles. The van der Waals surface area contributed by atoms with Crippen LogP contribution in [0, 0.1) is 6.92 Å². The first kappa shape index (κ1) is 19.5. The molecule has 1 aromatic carbocycles. The van der Waals surface area contributed by atoms with Crippen molar-refractivity contribution >= 4 is 17.4 Å². The molecule has 0 fully saturated rings. The number of H-pyrrole nitrogens is 1. The van der Waals surface area contributed by atoms with Gasteiger partial charge in [0.1, 0.15) is 5.82 Å². The van der Waals surface area contributed by atoms with Crippen LogP contribution < -0.4 is 21.9 Å². The summed E-state index contributed by atoms with van der Waals surface area (Å²) < 4.78 is 1.31. The topological polar surface area (TPSA) is 101 Å². The molecule has 26 heavy (non-hydrogen) atoms. The molecule has 140 valence electrons. The summed E-state index contributed by atoms with van der Waals surface area (Å²) in [7, 11) is 1.51. The number of hydrogen-bond acceptors (Lipinski definition) is 4. The molecule has 0 aliphatic heterocycles. The average Bonchev–Trinajstić information content (AvgIpc) is 2.59. The van der Waals surface area contributed by atoms with Crippen LogP contribution >= 0.6 is 0 Å². The first-order valence-electron chi connectivity index (χ1n) is 8.79. The number of nitrogen functional groups attached to an aromatic ring is 1. The van der Waals surface area contributed by atoms with Crippen molar-refractivity contribution in [3.8, 4) is 0 Å². The van der Waals surface area contributed by atoms with Crippen LogP contribution in [0.1, 0.15) is 37.3 Å². The van der Waals surface area contributed by atoms with Crippen molar-refractivity contribution in [2.45, 2.75) is 46.1 Å². The quantitative estimate of drug-likeness (QED) is 0.788. The Labute approximate surface area is 152 Å². The fourth-order valence-electron chi connectivity index (χ4n) is 2.85. The highest BCUT2D eigenvalue weighted by Gasteiger charge is 2.20. The van der Waals surface area contributed by atoms with Crippen molar-refractivity contribution in [3.63, 3.8) is 0 Å². The maximum absolute atomic E-state index is 12.5. The van der Waals surface area contributed by atoms with Gasteiger partial charge in [-0.1, -0.05) is 43.2 Å². The van der Waals surface area contributed by atoms with Gasteiger partial charge in [0.05, 0.1) is 0 Å². The molecule has 7 heteroatoms. The number of aromatic amines is 1. The molecule has 0 saturated heterocycles. The molecule has 0 aliphatic rings. The molecule has 0 spiro atoms. The molecule has 0 atom stereocenters. The Balaban J connectivity index is 2.22. The lowest BCUT2D eigenvalue weighted by molar-refractivity contribution is -0.118. The summed E-state index contributed by atoms with van der Waals surface area (Å²) in [5.41, 5.74) is 7.05. The fraction of sp³-hybridized carbons (Fsp3) is 0.421. The molecule has 1 aromatic heterocycles. The van der Waals surface area contributed by atoms with Gasteiger partial charge in [-0.15, -0.1) is 0 Å². The van der Waals surface area contributed by atoms with Crippen molar-refractivity contribution in [1.29, 1.82) is 0 Å². The van der Waals surface area contributed by atoms with Crippen LogP contribution in [0.15, 0.2) is 33.9 Å². The number of aromatic nitrogens is 2. The summed E-state index contributed by atoms with van der Waals surface area (Å²) in [5.74, 6) is -0.206. The average molecular weight is 358 g/mol. The lowest BCUT2D eigenvalue weighted by Crippen LogP contribution is -2.39. The Kier molecular flexibility index (Phi) is 6.38. The number of nitrogens with zero attached hydrogens (tertiary/aromatic N) is 2. The number of nitrogens with one attached hydrogen (secondary N) is 1. The van der Waals surface area contributed by atoms with E-state index >= 15 is 0 Å². The summed E-state index contributed by atoms with van der Waals surface area (Å²) in [6.45, 7) is 4.39. The van der Waals surface area contributed by atoms with Crippen LogP contribution in [0.3, 0.4) is 0 Å². The number of amides is 1. The molecule has 3 N–H and O–H groups in total. The minimum absolute atomic E-state index is 0.0231. The normalized spacial score (nSPS) is 10.7. The summed E-state index contributed by atoms with van der Waals surface area (Å²) in [6, 6.07) is 7.94. The van der Waals surface area contributed by atoms with E-state index in [9.17, 15) is 14.4 Å². The molecule has 0 saturated carbocycles. The van der Waals surface area contributed by atoms with Gasteiger partial charge in [-0.25, -0.2) is 4.79 Å². The first-order chi connectivity index (χ1) is 12.3. The Bertz CT molecular complexity index is 898. The summed E-state index contributed by atoms with van der Waals surface area (Å²) in [4.78, 5) is 40.2. The number of hydrogen-bond donors (Lipinski definition) is 2. The third-order valence-corrected chi connectivity index (χ3v) is 4.37. The van der Waals surface area contributed by atoms with E-state index in [1.54, 1.807) is 0 Å². The van der Waals surface area contributed by atoms with Crippen molar-refractivity contribution in [2.75, 3.05) is 17.7 Å². The molecule has 0 radical (unpaired) electrons. The molecule has 2 rings (SSSR count). The molecular formula is C19H26N4O3. The lowest BCUT2D eigenvalue weighted by atomic mass is 10.1. The van der Waals surface area contributed by atoms with Gasteiger partial charge in [-0.05, 0) is 25.3 Å². The Morgan fingerprint density at radius 1 is 1.31 bits per heavy atom. The summed E-state index contributed by atoms with van der Waals surface area (Å²) in [6.07, 6.45) is 2.44. The molecule has 7 nitrogen and oxygen atoms in total. The van der Waals surface area contributed by atoms with E-state index < -0.39 is 11.2 Å². The van der Waals surface area contributed by atoms with Gasteiger partial charge in [0.25, 0.3) is 5.56 Å². The molecule has 1 amide bonds. The monoisotopic (exact) mass is 358 g/mol. The van der Waals surface area contributed by atoms with Crippen LogP contribution in [0.2, 0.25) is 0 Å². The number of carbonyl (C=O) groups is 1. The van der Waals surface area contributed by atoms with Crippen LogP contribution in [0.5, 0.6) is 0 Å². The molecule has 1 heterocycles. The van der Waals surface area contributed by atoms with Crippen LogP contribution in [0.25, 0.3) is 0 Å². The number of nitrogens with two attached hydrogens (primary N) is 1. The third-order valence-electron chi connectivity index (χ3n) is 4.37. The highest BCUT2D eigenvalue weighted by Crippen LogP contribution is 2.17. The van der Waals surface area contributed by atoms with E-state index in [-0.39, 0.29) is 23.8 Å². The molecule has 0 bridgehead atoms. The van der Waals surface area contributed by atoms with E-state index in [2.05, 4.69) is 4.98 Å². The van der Waals surface area contributed by atoms with Gasteiger partial charge < -0.3 is 10.6 Å². The predicted molar refractivity (Wildman–Crippen MR) is 104 cm³/mol. The van der Waals surface area contributed by atoms with Gasteiger partial charge in [0.2, 0.25) is 5.91 Å².